The van der Waals surface area contributed by atoms with Gasteiger partial charge in [0, 0.05) is 6.04 Å². The van der Waals surface area contributed by atoms with Gasteiger partial charge in [-0.15, -0.1) is 0 Å². The van der Waals surface area contributed by atoms with Gasteiger partial charge >= 0.3 is 0 Å². The molecule has 84 valence electrons. The van der Waals surface area contributed by atoms with Crippen LogP contribution in [0, 0.1) is 17.7 Å². The molecule has 1 rings (SSSR count). The van der Waals surface area contributed by atoms with Gasteiger partial charge in [0.1, 0.15) is 5.82 Å². The zero-order valence-corrected chi connectivity index (χ0v) is 10.9. The Kier molecular flexibility index (Phi) is 4.29. The molecule has 0 spiro atoms. The summed E-state index contributed by atoms with van der Waals surface area (Å²) < 4.78 is 13.5. The van der Waals surface area contributed by atoms with Crippen LogP contribution in [0.3, 0.4) is 0 Å². The average Bonchev–Trinajstić information content (AvgIpc) is 2.19. The molecule has 0 bridgehead atoms. The quantitative estimate of drug-likeness (QED) is 0.889. The van der Waals surface area contributed by atoms with E-state index in [1.807, 2.05) is 0 Å². The van der Waals surface area contributed by atoms with E-state index in [-0.39, 0.29) is 11.9 Å². The average molecular weight is 274 g/mol. The zero-order valence-electron chi connectivity index (χ0n) is 9.30. The van der Waals surface area contributed by atoms with E-state index in [2.05, 4.69) is 36.7 Å². The molecule has 0 amide bonds. The van der Waals surface area contributed by atoms with Crippen molar-refractivity contribution in [3.05, 3.63) is 34.1 Å². The number of hydrogen-bond acceptors (Lipinski definition) is 1. The Bertz CT molecular complexity index is 338. The minimum absolute atomic E-state index is 0.0399. The zero-order chi connectivity index (χ0) is 11.6. The van der Waals surface area contributed by atoms with Crippen LogP contribution in [-0.4, -0.2) is 0 Å². The molecule has 1 nitrogen and oxygen atoms in total. The number of benzene rings is 1. The molecule has 0 fully saturated rings. The van der Waals surface area contributed by atoms with Gasteiger partial charge in [-0.05, 0) is 45.5 Å². The van der Waals surface area contributed by atoms with Gasteiger partial charge in [-0.3, -0.25) is 0 Å². The van der Waals surface area contributed by atoms with Gasteiger partial charge in [0.15, 0.2) is 0 Å². The Labute approximate surface area is 99.0 Å². The normalized spacial score (nSPS) is 15.4. The maximum absolute atomic E-state index is 13.0. The Morgan fingerprint density at radius 2 is 1.87 bits per heavy atom. The lowest BCUT2D eigenvalue weighted by Gasteiger charge is -2.23. The molecule has 2 atom stereocenters. The van der Waals surface area contributed by atoms with Crippen LogP contribution in [-0.2, 0) is 0 Å². The molecule has 2 unspecified atom stereocenters. The molecule has 2 N–H and O–H groups in total. The smallest absolute Gasteiger partial charge is 0.137 e. The van der Waals surface area contributed by atoms with E-state index in [1.165, 1.54) is 6.07 Å². The van der Waals surface area contributed by atoms with E-state index < -0.39 is 0 Å². The molecule has 0 aliphatic rings. The minimum atomic E-state index is -0.247. The Morgan fingerprint density at radius 3 is 2.33 bits per heavy atom. The number of nitrogens with two attached hydrogens (primary N) is 1. The van der Waals surface area contributed by atoms with Crippen molar-refractivity contribution < 1.29 is 4.39 Å². The Morgan fingerprint density at radius 1 is 1.27 bits per heavy atom. The molecule has 0 saturated carbocycles. The highest BCUT2D eigenvalue weighted by Crippen LogP contribution is 2.28. The van der Waals surface area contributed by atoms with Crippen molar-refractivity contribution in [2.24, 2.45) is 17.6 Å². The third-order valence-corrected chi connectivity index (χ3v) is 3.55. The van der Waals surface area contributed by atoms with Crippen LogP contribution in [0.2, 0.25) is 0 Å². The maximum atomic E-state index is 13.0. The molecule has 1 aromatic carbocycles. The standard InChI is InChI=1S/C12H17BrFN/c1-7(2)8(3)12(15)9-4-5-11(14)10(13)6-9/h4-8,12H,15H2,1-3H3. The molecule has 0 aliphatic carbocycles. The fourth-order valence-electron chi connectivity index (χ4n) is 1.44. The van der Waals surface area contributed by atoms with Crippen LogP contribution in [0.15, 0.2) is 22.7 Å². The lowest BCUT2D eigenvalue weighted by Crippen LogP contribution is -2.23. The van der Waals surface area contributed by atoms with Crippen molar-refractivity contribution in [1.82, 2.24) is 0 Å². The molecule has 15 heavy (non-hydrogen) atoms. The van der Waals surface area contributed by atoms with Crippen LogP contribution in [0.1, 0.15) is 32.4 Å². The van der Waals surface area contributed by atoms with Crippen molar-refractivity contribution in [3.8, 4) is 0 Å². The van der Waals surface area contributed by atoms with Crippen molar-refractivity contribution in [3.63, 3.8) is 0 Å². The van der Waals surface area contributed by atoms with Crippen LogP contribution < -0.4 is 5.73 Å². The molecule has 0 heterocycles. The number of hydrogen-bond donors (Lipinski definition) is 1. The van der Waals surface area contributed by atoms with Crippen LogP contribution in [0.25, 0.3) is 0 Å². The highest BCUT2D eigenvalue weighted by molar-refractivity contribution is 9.10. The third-order valence-electron chi connectivity index (χ3n) is 2.95. The maximum Gasteiger partial charge on any atom is 0.137 e. The molecule has 0 aliphatic heterocycles. The topological polar surface area (TPSA) is 26.0 Å². The Balaban J connectivity index is 2.91. The second kappa shape index (κ2) is 5.08. The first-order chi connectivity index (χ1) is 6.93. The van der Waals surface area contributed by atoms with E-state index in [0.717, 1.165) is 5.56 Å². The van der Waals surface area contributed by atoms with Gasteiger partial charge < -0.3 is 5.73 Å². The molecule has 0 aromatic heterocycles. The molecule has 3 heteroatoms. The van der Waals surface area contributed by atoms with Gasteiger partial charge in [-0.2, -0.15) is 0 Å². The van der Waals surface area contributed by atoms with E-state index in [0.29, 0.717) is 16.3 Å². The fraction of sp³-hybridized carbons (Fsp3) is 0.500. The van der Waals surface area contributed by atoms with Gasteiger partial charge in [-0.25, -0.2) is 4.39 Å². The number of halogens is 2. The Hall–Kier alpha value is -0.410. The first-order valence-corrected chi connectivity index (χ1v) is 5.93. The summed E-state index contributed by atoms with van der Waals surface area (Å²) in [5.41, 5.74) is 7.09. The molecule has 0 saturated heterocycles. The minimum Gasteiger partial charge on any atom is -0.324 e. The lowest BCUT2D eigenvalue weighted by molar-refractivity contribution is 0.352. The second-order valence-electron chi connectivity index (χ2n) is 4.30. The summed E-state index contributed by atoms with van der Waals surface area (Å²) in [7, 11) is 0. The summed E-state index contributed by atoms with van der Waals surface area (Å²) in [5.74, 6) is 0.648. The van der Waals surface area contributed by atoms with Crippen molar-refractivity contribution in [2.75, 3.05) is 0 Å². The van der Waals surface area contributed by atoms with Gasteiger partial charge in [-0.1, -0.05) is 26.8 Å². The predicted octanol–water partition coefficient (Wildman–Crippen LogP) is 3.88. The van der Waals surface area contributed by atoms with Crippen molar-refractivity contribution in [1.29, 1.82) is 0 Å². The monoisotopic (exact) mass is 273 g/mol. The van der Waals surface area contributed by atoms with Gasteiger partial charge in [0.05, 0.1) is 4.47 Å². The fourth-order valence-corrected chi connectivity index (χ4v) is 1.83. The van der Waals surface area contributed by atoms with E-state index in [9.17, 15) is 4.39 Å². The van der Waals surface area contributed by atoms with Crippen LogP contribution in [0.4, 0.5) is 4.39 Å². The highest BCUT2D eigenvalue weighted by Gasteiger charge is 2.18. The van der Waals surface area contributed by atoms with Gasteiger partial charge in [0.25, 0.3) is 0 Å². The van der Waals surface area contributed by atoms with E-state index in [4.69, 9.17) is 5.73 Å². The summed E-state index contributed by atoms with van der Waals surface area (Å²) in [6, 6.07) is 4.93. The molecular formula is C12H17BrFN. The van der Waals surface area contributed by atoms with Crippen LogP contribution in [0.5, 0.6) is 0 Å². The highest BCUT2D eigenvalue weighted by atomic mass is 79.9. The largest absolute Gasteiger partial charge is 0.324 e. The van der Waals surface area contributed by atoms with Gasteiger partial charge in [0.2, 0.25) is 0 Å². The first-order valence-electron chi connectivity index (χ1n) is 5.14. The summed E-state index contributed by atoms with van der Waals surface area (Å²) in [6.45, 7) is 6.40. The van der Waals surface area contributed by atoms with Crippen LogP contribution >= 0.6 is 15.9 Å². The number of rotatable bonds is 3. The second-order valence-corrected chi connectivity index (χ2v) is 5.16. The summed E-state index contributed by atoms with van der Waals surface area (Å²) in [6.07, 6.45) is 0. The molecule has 0 radical (unpaired) electrons. The molecule has 1 aromatic rings. The van der Waals surface area contributed by atoms with E-state index >= 15 is 0 Å². The third kappa shape index (κ3) is 3.02. The first kappa shape index (κ1) is 12.7. The predicted molar refractivity (Wildman–Crippen MR) is 65.0 cm³/mol. The van der Waals surface area contributed by atoms with Crippen molar-refractivity contribution in [2.45, 2.75) is 26.8 Å². The SMILES string of the molecule is CC(C)C(C)C(N)c1ccc(F)c(Br)c1. The lowest BCUT2D eigenvalue weighted by atomic mass is 9.87. The summed E-state index contributed by atoms with van der Waals surface area (Å²) >= 11 is 3.17. The molecular weight excluding hydrogens is 257 g/mol. The summed E-state index contributed by atoms with van der Waals surface area (Å²) in [5, 5.41) is 0. The van der Waals surface area contributed by atoms with E-state index in [1.54, 1.807) is 12.1 Å². The van der Waals surface area contributed by atoms with Crippen molar-refractivity contribution >= 4 is 15.9 Å². The summed E-state index contributed by atoms with van der Waals surface area (Å²) in [4.78, 5) is 0.